The summed E-state index contributed by atoms with van der Waals surface area (Å²) in [6.45, 7) is 2.74. The molecule has 1 saturated heterocycles. The third kappa shape index (κ3) is 5.67. The smallest absolute Gasteiger partial charge is 0.240 e. The van der Waals surface area contributed by atoms with E-state index >= 15 is 0 Å². The average Bonchev–Trinajstić information content (AvgIpc) is 2.60. The second-order valence-corrected chi connectivity index (χ2v) is 8.25. The van der Waals surface area contributed by atoms with Gasteiger partial charge in [-0.05, 0) is 57.4 Å². The SMILES string of the molecule is CNS(=O)(=O)c1ccc(CCC(=O)N2CCCCC2C(C)N)cc1.Cl. The summed E-state index contributed by atoms with van der Waals surface area (Å²) in [4.78, 5) is 14.7. The normalized spacial score (nSPS) is 19.2. The van der Waals surface area contributed by atoms with Crippen LogP contribution in [0.25, 0.3) is 0 Å². The van der Waals surface area contributed by atoms with Crippen molar-refractivity contribution in [3.05, 3.63) is 29.8 Å². The minimum absolute atomic E-state index is 0. The first-order valence-corrected chi connectivity index (χ1v) is 9.91. The van der Waals surface area contributed by atoms with Gasteiger partial charge in [-0.2, -0.15) is 0 Å². The summed E-state index contributed by atoms with van der Waals surface area (Å²) in [7, 11) is -2.03. The predicted octanol–water partition coefficient (Wildman–Crippen LogP) is 1.68. The third-order valence-electron chi connectivity index (χ3n) is 4.61. The van der Waals surface area contributed by atoms with Gasteiger partial charge < -0.3 is 10.6 Å². The van der Waals surface area contributed by atoms with Crippen molar-refractivity contribution in [3.8, 4) is 0 Å². The van der Waals surface area contributed by atoms with Crippen molar-refractivity contribution in [2.24, 2.45) is 5.73 Å². The summed E-state index contributed by atoms with van der Waals surface area (Å²) in [6.07, 6.45) is 4.14. The summed E-state index contributed by atoms with van der Waals surface area (Å²) in [5.41, 5.74) is 6.97. The molecule has 0 bridgehead atoms. The molecule has 1 heterocycles. The maximum atomic E-state index is 12.5. The lowest BCUT2D eigenvalue weighted by molar-refractivity contribution is -0.135. The molecule has 25 heavy (non-hydrogen) atoms. The number of nitrogens with zero attached hydrogens (tertiary/aromatic N) is 1. The minimum atomic E-state index is -3.42. The van der Waals surface area contributed by atoms with Gasteiger partial charge in [0.15, 0.2) is 0 Å². The zero-order chi connectivity index (χ0) is 17.7. The highest BCUT2D eigenvalue weighted by atomic mass is 35.5. The van der Waals surface area contributed by atoms with Crippen LogP contribution >= 0.6 is 12.4 Å². The van der Waals surface area contributed by atoms with Gasteiger partial charge in [-0.15, -0.1) is 12.4 Å². The molecule has 0 saturated carbocycles. The van der Waals surface area contributed by atoms with E-state index in [-0.39, 0.29) is 35.3 Å². The van der Waals surface area contributed by atoms with E-state index in [1.54, 1.807) is 24.3 Å². The molecule has 1 aliphatic rings. The minimum Gasteiger partial charge on any atom is -0.338 e. The quantitative estimate of drug-likeness (QED) is 0.774. The van der Waals surface area contributed by atoms with Gasteiger partial charge in [0.2, 0.25) is 15.9 Å². The summed E-state index contributed by atoms with van der Waals surface area (Å²) >= 11 is 0. The lowest BCUT2D eigenvalue weighted by atomic mass is 9.96. The van der Waals surface area contributed by atoms with Crippen molar-refractivity contribution in [2.45, 2.75) is 56.0 Å². The summed E-state index contributed by atoms with van der Waals surface area (Å²) in [5.74, 6) is 0.129. The number of amides is 1. The van der Waals surface area contributed by atoms with Crippen LogP contribution in [-0.4, -0.2) is 44.9 Å². The van der Waals surface area contributed by atoms with Gasteiger partial charge >= 0.3 is 0 Å². The van der Waals surface area contributed by atoms with Crippen molar-refractivity contribution >= 4 is 28.3 Å². The summed E-state index contributed by atoms with van der Waals surface area (Å²) in [6, 6.07) is 6.77. The van der Waals surface area contributed by atoms with E-state index in [1.807, 2.05) is 11.8 Å². The van der Waals surface area contributed by atoms with Crippen LogP contribution in [0.5, 0.6) is 0 Å². The Bertz CT molecular complexity index is 662. The number of sulfonamides is 1. The number of nitrogens with two attached hydrogens (primary N) is 1. The second kappa shape index (κ2) is 9.52. The lowest BCUT2D eigenvalue weighted by Gasteiger charge is -2.38. The number of halogens is 1. The molecule has 2 unspecified atom stereocenters. The predicted molar refractivity (Wildman–Crippen MR) is 101 cm³/mol. The van der Waals surface area contributed by atoms with Gasteiger partial charge in [0.1, 0.15) is 0 Å². The first kappa shape index (κ1) is 21.9. The zero-order valence-electron chi connectivity index (χ0n) is 14.8. The van der Waals surface area contributed by atoms with E-state index in [4.69, 9.17) is 5.73 Å². The highest BCUT2D eigenvalue weighted by molar-refractivity contribution is 7.89. The Kier molecular flexibility index (Phi) is 8.34. The molecule has 1 aromatic rings. The largest absolute Gasteiger partial charge is 0.338 e. The average molecular weight is 390 g/mol. The number of benzene rings is 1. The van der Waals surface area contributed by atoms with Crippen LogP contribution in [0.4, 0.5) is 0 Å². The van der Waals surface area contributed by atoms with Crippen LogP contribution in [0.2, 0.25) is 0 Å². The van der Waals surface area contributed by atoms with E-state index < -0.39 is 10.0 Å². The van der Waals surface area contributed by atoms with Crippen molar-refractivity contribution < 1.29 is 13.2 Å². The van der Waals surface area contributed by atoms with Crippen LogP contribution in [0.3, 0.4) is 0 Å². The Balaban J connectivity index is 0.00000312. The molecule has 1 aliphatic heterocycles. The third-order valence-corrected chi connectivity index (χ3v) is 6.04. The molecular formula is C17H28ClN3O3S. The number of carbonyl (C=O) groups excluding carboxylic acids is 1. The van der Waals surface area contributed by atoms with Crippen LogP contribution < -0.4 is 10.5 Å². The molecule has 2 rings (SSSR count). The Morgan fingerprint density at radius 1 is 1.32 bits per heavy atom. The maximum Gasteiger partial charge on any atom is 0.240 e. The van der Waals surface area contributed by atoms with Crippen molar-refractivity contribution in [2.75, 3.05) is 13.6 Å². The molecule has 1 amide bonds. The molecule has 8 heteroatoms. The van der Waals surface area contributed by atoms with Crippen molar-refractivity contribution in [1.29, 1.82) is 0 Å². The lowest BCUT2D eigenvalue weighted by Crippen LogP contribution is -2.51. The Labute approximate surface area is 156 Å². The van der Waals surface area contributed by atoms with Crippen molar-refractivity contribution in [1.82, 2.24) is 9.62 Å². The number of nitrogens with one attached hydrogen (secondary N) is 1. The number of likely N-dealkylation sites (tertiary alicyclic amines) is 1. The Morgan fingerprint density at radius 3 is 2.52 bits per heavy atom. The van der Waals surface area contributed by atoms with Gasteiger partial charge in [0, 0.05) is 25.0 Å². The van der Waals surface area contributed by atoms with E-state index in [2.05, 4.69) is 4.72 Å². The molecule has 3 N–H and O–H groups in total. The van der Waals surface area contributed by atoms with Gasteiger partial charge in [-0.3, -0.25) is 4.79 Å². The summed E-state index contributed by atoms with van der Waals surface area (Å²) in [5, 5.41) is 0. The van der Waals surface area contributed by atoms with Crippen LogP contribution in [0.15, 0.2) is 29.2 Å². The molecule has 2 atom stereocenters. The van der Waals surface area contributed by atoms with Gasteiger partial charge in [-0.25, -0.2) is 13.1 Å². The molecule has 1 fully saturated rings. The molecule has 0 radical (unpaired) electrons. The van der Waals surface area contributed by atoms with Crippen LogP contribution in [0.1, 0.15) is 38.2 Å². The summed E-state index contributed by atoms with van der Waals surface area (Å²) < 4.78 is 25.7. The van der Waals surface area contributed by atoms with E-state index in [0.717, 1.165) is 31.4 Å². The van der Waals surface area contributed by atoms with Gasteiger partial charge in [0.05, 0.1) is 4.90 Å². The van der Waals surface area contributed by atoms with Crippen LogP contribution in [-0.2, 0) is 21.2 Å². The molecule has 1 aromatic carbocycles. The molecule has 142 valence electrons. The molecule has 0 spiro atoms. The standard InChI is InChI=1S/C17H27N3O3S.ClH/c1-13(18)16-5-3-4-12-20(16)17(21)11-8-14-6-9-15(10-7-14)24(22,23)19-2;/h6-7,9-10,13,16,19H,3-5,8,11-12,18H2,1-2H3;1H. The fraction of sp³-hybridized carbons (Fsp3) is 0.588. The number of piperidine rings is 1. The van der Waals surface area contributed by atoms with E-state index in [9.17, 15) is 13.2 Å². The highest BCUT2D eigenvalue weighted by Crippen LogP contribution is 2.20. The first-order chi connectivity index (χ1) is 11.3. The zero-order valence-corrected chi connectivity index (χ0v) is 16.4. The monoisotopic (exact) mass is 389 g/mol. The van der Waals surface area contributed by atoms with Crippen LogP contribution in [0, 0.1) is 0 Å². The fourth-order valence-corrected chi connectivity index (χ4v) is 3.89. The Hall–Kier alpha value is -1.15. The molecule has 6 nitrogen and oxygen atoms in total. The topological polar surface area (TPSA) is 92.5 Å². The Morgan fingerprint density at radius 2 is 1.96 bits per heavy atom. The number of hydrogen-bond donors (Lipinski definition) is 2. The maximum absolute atomic E-state index is 12.5. The van der Waals surface area contributed by atoms with Gasteiger partial charge in [-0.1, -0.05) is 12.1 Å². The van der Waals surface area contributed by atoms with Gasteiger partial charge in [0.25, 0.3) is 0 Å². The number of carbonyl (C=O) groups is 1. The van der Waals surface area contributed by atoms with Crippen molar-refractivity contribution in [3.63, 3.8) is 0 Å². The highest BCUT2D eigenvalue weighted by Gasteiger charge is 2.28. The van der Waals surface area contributed by atoms with E-state index in [1.165, 1.54) is 7.05 Å². The van der Waals surface area contributed by atoms with E-state index in [0.29, 0.717) is 12.8 Å². The molecular weight excluding hydrogens is 362 g/mol. The number of rotatable bonds is 6. The molecule has 0 aromatic heterocycles. The molecule has 0 aliphatic carbocycles. The number of aryl methyl sites for hydroxylation is 1. The first-order valence-electron chi connectivity index (χ1n) is 8.42. The second-order valence-electron chi connectivity index (χ2n) is 6.36. The number of hydrogen-bond acceptors (Lipinski definition) is 4. The fourth-order valence-electron chi connectivity index (χ4n) is 3.16.